The third kappa shape index (κ3) is 2.99. The number of nitrogens with one attached hydrogen (secondary N) is 1. The van der Waals surface area contributed by atoms with E-state index in [1.807, 2.05) is 25.2 Å². The first-order valence-corrected chi connectivity index (χ1v) is 7.58. The van der Waals surface area contributed by atoms with E-state index in [1.54, 1.807) is 6.07 Å². The van der Waals surface area contributed by atoms with Crippen LogP contribution in [-0.2, 0) is 0 Å². The molecule has 106 valence electrons. The predicted molar refractivity (Wildman–Crippen MR) is 89.0 cm³/mol. The fourth-order valence-corrected chi connectivity index (χ4v) is 3.14. The van der Waals surface area contributed by atoms with Gasteiger partial charge in [0.2, 0.25) is 0 Å². The standard InChI is InChI=1S/C18H15BrFN/c1-21-18(15-9-16(19)11-17(20)10-15)14-7-6-12-4-2-3-5-13(12)8-14/h2-11,18,21H,1H3. The number of hydrogen-bond donors (Lipinski definition) is 1. The first-order chi connectivity index (χ1) is 10.2. The number of benzene rings is 3. The molecule has 0 aliphatic heterocycles. The van der Waals surface area contributed by atoms with Gasteiger partial charge in [0, 0.05) is 4.47 Å². The van der Waals surface area contributed by atoms with Crippen molar-refractivity contribution in [2.45, 2.75) is 6.04 Å². The van der Waals surface area contributed by atoms with Crippen LogP contribution in [0.4, 0.5) is 4.39 Å². The Kier molecular flexibility index (Phi) is 4.04. The highest BCUT2D eigenvalue weighted by Gasteiger charge is 2.14. The van der Waals surface area contributed by atoms with Gasteiger partial charge in [0.15, 0.2) is 0 Å². The molecule has 0 aromatic heterocycles. The molecule has 3 aromatic carbocycles. The highest BCUT2D eigenvalue weighted by atomic mass is 79.9. The normalized spacial score (nSPS) is 12.5. The Morgan fingerprint density at radius 3 is 2.38 bits per heavy atom. The highest BCUT2D eigenvalue weighted by molar-refractivity contribution is 9.10. The Bertz CT molecular complexity index is 765. The van der Waals surface area contributed by atoms with Gasteiger partial charge in [-0.1, -0.05) is 52.3 Å². The zero-order valence-electron chi connectivity index (χ0n) is 11.6. The third-order valence-corrected chi connectivity index (χ3v) is 4.07. The summed E-state index contributed by atoms with van der Waals surface area (Å²) in [5.74, 6) is -0.236. The summed E-state index contributed by atoms with van der Waals surface area (Å²) in [5, 5.41) is 5.66. The summed E-state index contributed by atoms with van der Waals surface area (Å²) < 4.78 is 14.4. The van der Waals surface area contributed by atoms with Gasteiger partial charge in [-0.2, -0.15) is 0 Å². The van der Waals surface area contributed by atoms with Crippen LogP contribution in [0.3, 0.4) is 0 Å². The molecular weight excluding hydrogens is 329 g/mol. The van der Waals surface area contributed by atoms with Crippen LogP contribution in [0.5, 0.6) is 0 Å². The Hall–Kier alpha value is -1.71. The average Bonchev–Trinajstić information content (AvgIpc) is 2.47. The van der Waals surface area contributed by atoms with Crippen LogP contribution in [-0.4, -0.2) is 7.05 Å². The van der Waals surface area contributed by atoms with Crippen molar-refractivity contribution in [1.82, 2.24) is 5.32 Å². The van der Waals surface area contributed by atoms with Gasteiger partial charge in [-0.05, 0) is 53.2 Å². The quantitative estimate of drug-likeness (QED) is 0.701. The average molecular weight is 344 g/mol. The molecule has 3 aromatic rings. The SMILES string of the molecule is CNC(c1cc(F)cc(Br)c1)c1ccc2ccccc2c1. The van der Waals surface area contributed by atoms with Crippen molar-refractivity contribution in [3.63, 3.8) is 0 Å². The van der Waals surface area contributed by atoms with Crippen LogP contribution in [0.15, 0.2) is 65.1 Å². The molecule has 21 heavy (non-hydrogen) atoms. The van der Waals surface area contributed by atoms with Crippen molar-refractivity contribution in [1.29, 1.82) is 0 Å². The maximum Gasteiger partial charge on any atom is 0.124 e. The maximum absolute atomic E-state index is 13.6. The van der Waals surface area contributed by atoms with Crippen LogP contribution in [0.25, 0.3) is 10.8 Å². The van der Waals surface area contributed by atoms with Gasteiger partial charge in [-0.15, -0.1) is 0 Å². The Morgan fingerprint density at radius 1 is 0.905 bits per heavy atom. The predicted octanol–water partition coefficient (Wildman–Crippen LogP) is 5.05. The third-order valence-electron chi connectivity index (χ3n) is 3.61. The number of hydrogen-bond acceptors (Lipinski definition) is 1. The molecule has 3 heteroatoms. The largest absolute Gasteiger partial charge is 0.309 e. The van der Waals surface area contributed by atoms with E-state index in [9.17, 15) is 4.39 Å². The molecule has 0 radical (unpaired) electrons. The maximum atomic E-state index is 13.6. The Labute approximate surface area is 131 Å². The highest BCUT2D eigenvalue weighted by Crippen LogP contribution is 2.27. The molecule has 0 spiro atoms. The molecule has 0 amide bonds. The zero-order valence-corrected chi connectivity index (χ0v) is 13.2. The van der Waals surface area contributed by atoms with Crippen LogP contribution >= 0.6 is 15.9 Å². The lowest BCUT2D eigenvalue weighted by Crippen LogP contribution is -2.17. The summed E-state index contributed by atoms with van der Waals surface area (Å²) in [5.41, 5.74) is 2.02. The van der Waals surface area contributed by atoms with Crippen LogP contribution < -0.4 is 5.32 Å². The summed E-state index contributed by atoms with van der Waals surface area (Å²) in [6.45, 7) is 0. The second-order valence-electron chi connectivity index (χ2n) is 5.03. The molecule has 1 unspecified atom stereocenters. The van der Waals surface area contributed by atoms with Crippen molar-refractivity contribution in [2.75, 3.05) is 7.05 Å². The molecule has 0 bridgehead atoms. The van der Waals surface area contributed by atoms with Crippen molar-refractivity contribution in [3.05, 3.63) is 82.1 Å². The monoisotopic (exact) mass is 343 g/mol. The second kappa shape index (κ2) is 5.96. The van der Waals surface area contributed by atoms with E-state index < -0.39 is 0 Å². The molecular formula is C18H15BrFN. The lowest BCUT2D eigenvalue weighted by Gasteiger charge is -2.18. The molecule has 3 rings (SSSR count). The van der Waals surface area contributed by atoms with Gasteiger partial charge in [0.05, 0.1) is 6.04 Å². The number of fused-ring (bicyclic) bond motifs is 1. The number of halogens is 2. The van der Waals surface area contributed by atoms with Crippen LogP contribution in [0.2, 0.25) is 0 Å². The van der Waals surface area contributed by atoms with E-state index in [4.69, 9.17) is 0 Å². The van der Waals surface area contributed by atoms with Crippen LogP contribution in [0, 0.1) is 5.82 Å². The first-order valence-electron chi connectivity index (χ1n) is 6.79. The Morgan fingerprint density at radius 2 is 1.67 bits per heavy atom. The minimum atomic E-state index is -0.236. The van der Waals surface area contributed by atoms with Crippen molar-refractivity contribution >= 4 is 26.7 Å². The van der Waals surface area contributed by atoms with E-state index in [2.05, 4.69) is 51.6 Å². The Balaban J connectivity index is 2.08. The second-order valence-corrected chi connectivity index (χ2v) is 5.95. The fraction of sp³-hybridized carbons (Fsp3) is 0.111. The smallest absolute Gasteiger partial charge is 0.124 e. The summed E-state index contributed by atoms with van der Waals surface area (Å²) in [4.78, 5) is 0. The van der Waals surface area contributed by atoms with Gasteiger partial charge in [0.25, 0.3) is 0 Å². The van der Waals surface area contributed by atoms with Crippen molar-refractivity contribution < 1.29 is 4.39 Å². The topological polar surface area (TPSA) is 12.0 Å². The lowest BCUT2D eigenvalue weighted by molar-refractivity contribution is 0.615. The van der Waals surface area contributed by atoms with Gasteiger partial charge < -0.3 is 5.32 Å². The molecule has 0 aliphatic rings. The lowest BCUT2D eigenvalue weighted by atomic mass is 9.96. The summed E-state index contributed by atoms with van der Waals surface area (Å²) in [6.07, 6.45) is 0. The number of rotatable bonds is 3. The molecule has 0 saturated heterocycles. The van der Waals surface area contributed by atoms with Gasteiger partial charge in [-0.25, -0.2) is 4.39 Å². The first kappa shape index (κ1) is 14.2. The summed E-state index contributed by atoms with van der Waals surface area (Å²) >= 11 is 3.36. The zero-order chi connectivity index (χ0) is 14.8. The minimum Gasteiger partial charge on any atom is -0.309 e. The van der Waals surface area contributed by atoms with E-state index in [0.717, 1.165) is 15.6 Å². The molecule has 0 aliphatic carbocycles. The van der Waals surface area contributed by atoms with Gasteiger partial charge in [-0.3, -0.25) is 0 Å². The van der Waals surface area contributed by atoms with Crippen molar-refractivity contribution in [3.8, 4) is 0 Å². The summed E-state index contributed by atoms with van der Waals surface area (Å²) in [6, 6.07) is 19.5. The van der Waals surface area contributed by atoms with E-state index in [0.29, 0.717) is 0 Å². The van der Waals surface area contributed by atoms with E-state index in [1.165, 1.54) is 16.8 Å². The molecule has 1 nitrogen and oxygen atoms in total. The van der Waals surface area contributed by atoms with Gasteiger partial charge in [0.1, 0.15) is 5.82 Å². The van der Waals surface area contributed by atoms with Crippen molar-refractivity contribution in [2.24, 2.45) is 0 Å². The molecule has 0 heterocycles. The minimum absolute atomic E-state index is 0.0402. The van der Waals surface area contributed by atoms with E-state index >= 15 is 0 Å². The van der Waals surface area contributed by atoms with Crippen LogP contribution in [0.1, 0.15) is 17.2 Å². The molecule has 1 atom stereocenters. The fourth-order valence-electron chi connectivity index (χ4n) is 2.65. The summed E-state index contributed by atoms with van der Waals surface area (Å²) in [7, 11) is 1.89. The molecule has 0 saturated carbocycles. The van der Waals surface area contributed by atoms with E-state index in [-0.39, 0.29) is 11.9 Å². The molecule has 0 fully saturated rings. The van der Waals surface area contributed by atoms with Gasteiger partial charge >= 0.3 is 0 Å². The molecule has 1 N–H and O–H groups in total.